The topological polar surface area (TPSA) is 37.3 Å². The Kier molecular flexibility index (Phi) is 5.59. The van der Waals surface area contributed by atoms with Crippen molar-refractivity contribution in [2.75, 3.05) is 0 Å². The Morgan fingerprint density at radius 3 is 2.29 bits per heavy atom. The van der Waals surface area contributed by atoms with E-state index < -0.39 is 11.9 Å². The summed E-state index contributed by atoms with van der Waals surface area (Å²) < 4.78 is 1.95. The van der Waals surface area contributed by atoms with Crippen molar-refractivity contribution >= 4 is 37.8 Å². The molecule has 2 unspecified atom stereocenters. The Labute approximate surface area is 141 Å². The molecule has 0 amide bonds. The van der Waals surface area contributed by atoms with Gasteiger partial charge in [0.05, 0.1) is 5.92 Å². The molecule has 0 aromatic heterocycles. The van der Waals surface area contributed by atoms with E-state index in [0.717, 1.165) is 20.1 Å². The third-order valence-electron chi connectivity index (χ3n) is 3.71. The van der Waals surface area contributed by atoms with Crippen molar-refractivity contribution in [3.8, 4) is 0 Å². The molecule has 21 heavy (non-hydrogen) atoms. The predicted molar refractivity (Wildman–Crippen MR) is 91.5 cm³/mol. The Bertz CT molecular complexity index is 623. The molecule has 4 heteroatoms. The smallest absolute Gasteiger partial charge is 0.307 e. The van der Waals surface area contributed by atoms with Gasteiger partial charge in [0, 0.05) is 8.95 Å². The first-order chi connectivity index (χ1) is 9.99. The number of halogens is 2. The first-order valence-electron chi connectivity index (χ1n) is 6.70. The highest BCUT2D eigenvalue weighted by Crippen LogP contribution is 2.30. The summed E-state index contributed by atoms with van der Waals surface area (Å²) in [5, 5.41) is 9.59. The second-order valence-corrected chi connectivity index (χ2v) is 6.85. The first-order valence-corrected chi connectivity index (χ1v) is 8.29. The third kappa shape index (κ3) is 4.17. The van der Waals surface area contributed by atoms with Crippen LogP contribution in [-0.2, 0) is 11.2 Å². The molecule has 1 N–H and O–H groups in total. The molecule has 110 valence electrons. The zero-order valence-electron chi connectivity index (χ0n) is 11.6. The molecular weight excluding hydrogens is 396 g/mol. The molecule has 0 heterocycles. The second kappa shape index (κ2) is 7.23. The zero-order valence-corrected chi connectivity index (χ0v) is 14.8. The van der Waals surface area contributed by atoms with Crippen LogP contribution < -0.4 is 0 Å². The number of carboxylic acid groups (broad SMARTS) is 1. The fourth-order valence-corrected chi connectivity index (χ4v) is 3.09. The third-order valence-corrected chi connectivity index (χ3v) is 5.02. The van der Waals surface area contributed by atoms with Gasteiger partial charge in [-0.2, -0.15) is 0 Å². The lowest BCUT2D eigenvalue weighted by molar-refractivity contribution is -0.142. The number of benzene rings is 2. The van der Waals surface area contributed by atoms with Gasteiger partial charge < -0.3 is 5.11 Å². The van der Waals surface area contributed by atoms with Gasteiger partial charge in [-0.1, -0.05) is 69.1 Å². The normalized spacial score (nSPS) is 13.7. The van der Waals surface area contributed by atoms with Gasteiger partial charge in [0.15, 0.2) is 0 Å². The predicted octanol–water partition coefficient (Wildman–Crippen LogP) is 5.26. The number of rotatable bonds is 5. The minimum Gasteiger partial charge on any atom is -0.481 e. The number of carbonyl (C=O) groups is 1. The molecular formula is C17H16Br2O2. The van der Waals surface area contributed by atoms with E-state index in [2.05, 4.69) is 31.9 Å². The van der Waals surface area contributed by atoms with Crippen molar-refractivity contribution in [3.63, 3.8) is 0 Å². The summed E-state index contributed by atoms with van der Waals surface area (Å²) in [6, 6.07) is 15.6. The second-order valence-electron chi connectivity index (χ2n) is 5.08. The first kappa shape index (κ1) is 16.2. The van der Waals surface area contributed by atoms with Crippen molar-refractivity contribution < 1.29 is 9.90 Å². The summed E-state index contributed by atoms with van der Waals surface area (Å²) >= 11 is 6.89. The lowest BCUT2D eigenvalue weighted by Crippen LogP contribution is -2.23. The van der Waals surface area contributed by atoms with Gasteiger partial charge >= 0.3 is 5.97 Å². The lowest BCUT2D eigenvalue weighted by atomic mass is 9.83. The van der Waals surface area contributed by atoms with E-state index in [9.17, 15) is 9.90 Å². The molecule has 0 radical (unpaired) electrons. The highest BCUT2D eigenvalue weighted by Gasteiger charge is 2.26. The van der Waals surface area contributed by atoms with Crippen LogP contribution in [0.4, 0.5) is 0 Å². The average Bonchev–Trinajstić information content (AvgIpc) is 2.46. The van der Waals surface area contributed by atoms with E-state index in [1.807, 2.05) is 55.5 Å². The van der Waals surface area contributed by atoms with Crippen LogP contribution in [0.5, 0.6) is 0 Å². The summed E-state index contributed by atoms with van der Waals surface area (Å²) in [4.78, 5) is 11.7. The molecule has 2 aromatic carbocycles. The average molecular weight is 412 g/mol. The van der Waals surface area contributed by atoms with Crippen LogP contribution in [0, 0.1) is 5.92 Å². The molecule has 2 rings (SSSR count). The van der Waals surface area contributed by atoms with E-state index in [4.69, 9.17) is 0 Å². The molecule has 0 saturated carbocycles. The van der Waals surface area contributed by atoms with Crippen molar-refractivity contribution in [2.24, 2.45) is 5.92 Å². The van der Waals surface area contributed by atoms with Gasteiger partial charge in [0.2, 0.25) is 0 Å². The molecule has 0 aliphatic rings. The zero-order chi connectivity index (χ0) is 15.4. The van der Waals surface area contributed by atoms with Gasteiger partial charge in [0.25, 0.3) is 0 Å². The van der Waals surface area contributed by atoms with Crippen LogP contribution in [0.25, 0.3) is 0 Å². The van der Waals surface area contributed by atoms with Gasteiger partial charge in [-0.05, 0) is 41.7 Å². The molecule has 0 spiro atoms. The summed E-state index contributed by atoms with van der Waals surface area (Å²) in [7, 11) is 0. The quantitative estimate of drug-likeness (QED) is 0.728. The van der Waals surface area contributed by atoms with E-state index >= 15 is 0 Å². The van der Waals surface area contributed by atoms with Crippen molar-refractivity contribution in [1.82, 2.24) is 0 Å². The maximum absolute atomic E-state index is 11.7. The molecule has 2 nitrogen and oxygen atoms in total. The van der Waals surface area contributed by atoms with E-state index in [1.165, 1.54) is 0 Å². The van der Waals surface area contributed by atoms with Crippen LogP contribution >= 0.6 is 31.9 Å². The molecule has 0 saturated heterocycles. The minimum atomic E-state index is -0.763. The number of hydrogen-bond donors (Lipinski definition) is 1. The molecule has 2 atom stereocenters. The molecule has 0 fully saturated rings. The Morgan fingerprint density at radius 2 is 1.71 bits per heavy atom. The van der Waals surface area contributed by atoms with Gasteiger partial charge in [-0.3, -0.25) is 4.79 Å². The van der Waals surface area contributed by atoms with E-state index in [-0.39, 0.29) is 5.92 Å². The van der Waals surface area contributed by atoms with Gasteiger partial charge in [-0.25, -0.2) is 0 Å². The summed E-state index contributed by atoms with van der Waals surface area (Å²) in [6.45, 7) is 1.97. The Balaban J connectivity index is 2.25. The molecule has 0 bridgehead atoms. The highest BCUT2D eigenvalue weighted by molar-refractivity contribution is 9.10. The highest BCUT2D eigenvalue weighted by atomic mass is 79.9. The minimum absolute atomic E-state index is 0.0530. The summed E-state index contributed by atoms with van der Waals surface area (Å²) in [5.74, 6) is -1.27. The maximum Gasteiger partial charge on any atom is 0.307 e. The lowest BCUT2D eigenvalue weighted by Gasteiger charge is -2.21. The number of carboxylic acids is 1. The fourth-order valence-electron chi connectivity index (χ4n) is 2.38. The number of aliphatic carboxylic acids is 1. The van der Waals surface area contributed by atoms with Crippen molar-refractivity contribution in [2.45, 2.75) is 19.3 Å². The number of hydrogen-bond acceptors (Lipinski definition) is 1. The van der Waals surface area contributed by atoms with Gasteiger partial charge in [0.1, 0.15) is 0 Å². The van der Waals surface area contributed by atoms with Crippen LogP contribution in [-0.4, -0.2) is 11.1 Å². The summed E-state index contributed by atoms with van der Waals surface area (Å²) in [5.41, 5.74) is 2.06. The van der Waals surface area contributed by atoms with E-state index in [0.29, 0.717) is 6.42 Å². The monoisotopic (exact) mass is 410 g/mol. The van der Waals surface area contributed by atoms with Crippen LogP contribution in [0.1, 0.15) is 24.0 Å². The Hall–Kier alpha value is -1.13. The van der Waals surface area contributed by atoms with Crippen molar-refractivity contribution in [3.05, 3.63) is 68.6 Å². The maximum atomic E-state index is 11.7. The Morgan fingerprint density at radius 1 is 1.10 bits per heavy atom. The van der Waals surface area contributed by atoms with Crippen LogP contribution in [0.2, 0.25) is 0 Å². The van der Waals surface area contributed by atoms with Gasteiger partial charge in [-0.15, -0.1) is 0 Å². The fraction of sp³-hybridized carbons (Fsp3) is 0.235. The molecule has 0 aliphatic carbocycles. The summed E-state index contributed by atoms with van der Waals surface area (Å²) in [6.07, 6.45) is 0.508. The van der Waals surface area contributed by atoms with Crippen LogP contribution in [0.3, 0.4) is 0 Å². The largest absolute Gasteiger partial charge is 0.481 e. The molecule has 0 aliphatic heterocycles. The van der Waals surface area contributed by atoms with Crippen molar-refractivity contribution in [1.29, 1.82) is 0 Å². The standard InChI is InChI=1S/C17H16Br2O2/c1-11(12-6-8-14(18)9-7-12)15(17(20)21)10-13-4-2-3-5-16(13)19/h2-9,11,15H,10H2,1H3,(H,20,21). The molecule has 2 aromatic rings. The van der Waals surface area contributed by atoms with E-state index in [1.54, 1.807) is 0 Å². The van der Waals surface area contributed by atoms with Crippen LogP contribution in [0.15, 0.2) is 57.5 Å². The SMILES string of the molecule is CC(c1ccc(Br)cc1)C(Cc1ccccc1Br)C(=O)O.